The molecule has 0 aliphatic heterocycles. The molecule has 1 aromatic carbocycles. The van der Waals surface area contributed by atoms with E-state index >= 15 is 0 Å². The van der Waals surface area contributed by atoms with Gasteiger partial charge in [0.15, 0.2) is 5.16 Å². The Labute approximate surface area is 106 Å². The molecule has 2 aromatic rings. The van der Waals surface area contributed by atoms with Crippen molar-refractivity contribution < 1.29 is 5.11 Å². The van der Waals surface area contributed by atoms with Crippen molar-refractivity contribution in [2.24, 2.45) is 7.05 Å². The Hall–Kier alpha value is -1.86. The van der Waals surface area contributed by atoms with Crippen LogP contribution in [0.5, 0.6) is 0 Å². The number of nitrogens with zero attached hydrogens (tertiary/aromatic N) is 2. The van der Waals surface area contributed by atoms with Gasteiger partial charge in [0, 0.05) is 11.9 Å². The number of aliphatic hydroxyl groups is 1. The van der Waals surface area contributed by atoms with Crippen molar-refractivity contribution in [1.82, 2.24) is 14.8 Å². The second-order valence-corrected chi connectivity index (χ2v) is 4.58. The van der Waals surface area contributed by atoms with Gasteiger partial charge in [-0.3, -0.25) is 19.4 Å². The molecule has 0 aliphatic carbocycles. The third-order valence-electron chi connectivity index (χ3n) is 2.29. The van der Waals surface area contributed by atoms with Crippen molar-refractivity contribution in [2.45, 2.75) is 16.7 Å². The molecule has 1 heterocycles. The van der Waals surface area contributed by atoms with Gasteiger partial charge in [-0.05, 0) is 23.4 Å². The fourth-order valence-electron chi connectivity index (χ4n) is 1.38. The van der Waals surface area contributed by atoms with E-state index in [1.54, 1.807) is 13.1 Å². The standard InChI is InChI=1S/C11H11N3O3S/c1-14-11(12-9(16)10(17)13-14)18-8-5-3-2-4-7(8)6-15/h2-5,15H,6H2,1H3,(H,13,17). The highest BCUT2D eigenvalue weighted by molar-refractivity contribution is 7.99. The van der Waals surface area contributed by atoms with Gasteiger partial charge in [0.1, 0.15) is 0 Å². The second kappa shape index (κ2) is 5.19. The minimum atomic E-state index is -0.822. The number of benzene rings is 1. The Kier molecular flexibility index (Phi) is 3.63. The summed E-state index contributed by atoms with van der Waals surface area (Å²) in [5, 5.41) is 11.9. The topological polar surface area (TPSA) is 88.0 Å². The zero-order valence-corrected chi connectivity index (χ0v) is 10.4. The van der Waals surface area contributed by atoms with E-state index in [1.807, 2.05) is 18.2 Å². The molecule has 0 saturated carbocycles. The Morgan fingerprint density at radius 3 is 2.83 bits per heavy atom. The van der Waals surface area contributed by atoms with Crippen LogP contribution in [-0.2, 0) is 13.7 Å². The van der Waals surface area contributed by atoms with Crippen LogP contribution in [0.1, 0.15) is 5.56 Å². The molecule has 0 radical (unpaired) electrons. The van der Waals surface area contributed by atoms with E-state index in [4.69, 9.17) is 0 Å². The first-order valence-corrected chi connectivity index (χ1v) is 5.97. The summed E-state index contributed by atoms with van der Waals surface area (Å²) in [7, 11) is 1.59. The molecule has 0 spiro atoms. The van der Waals surface area contributed by atoms with E-state index in [0.29, 0.717) is 5.16 Å². The zero-order chi connectivity index (χ0) is 13.1. The zero-order valence-electron chi connectivity index (χ0n) is 9.58. The van der Waals surface area contributed by atoms with Gasteiger partial charge in [0.25, 0.3) is 0 Å². The largest absolute Gasteiger partial charge is 0.392 e. The van der Waals surface area contributed by atoms with Crippen molar-refractivity contribution in [3.8, 4) is 0 Å². The Morgan fingerprint density at radius 2 is 2.11 bits per heavy atom. The average Bonchev–Trinajstić information content (AvgIpc) is 2.36. The van der Waals surface area contributed by atoms with E-state index in [1.165, 1.54) is 16.4 Å². The van der Waals surface area contributed by atoms with Crippen LogP contribution in [0, 0.1) is 0 Å². The number of hydrogen-bond acceptors (Lipinski definition) is 5. The number of aromatic amines is 1. The molecule has 0 bridgehead atoms. The molecule has 0 aliphatic rings. The maximum absolute atomic E-state index is 11.2. The molecule has 6 nitrogen and oxygen atoms in total. The minimum Gasteiger partial charge on any atom is -0.392 e. The quantitative estimate of drug-likeness (QED) is 0.769. The highest BCUT2D eigenvalue weighted by atomic mass is 32.2. The van der Waals surface area contributed by atoms with Crippen LogP contribution in [0.3, 0.4) is 0 Å². The number of hydrogen-bond donors (Lipinski definition) is 2. The number of aryl methyl sites for hydroxylation is 1. The molecule has 2 N–H and O–H groups in total. The van der Waals surface area contributed by atoms with Gasteiger partial charge in [0.2, 0.25) is 0 Å². The smallest absolute Gasteiger partial charge is 0.339 e. The second-order valence-electron chi connectivity index (χ2n) is 3.57. The van der Waals surface area contributed by atoms with Crippen LogP contribution in [0.2, 0.25) is 0 Å². The Bertz CT molecular complexity index is 678. The maximum atomic E-state index is 11.2. The first-order chi connectivity index (χ1) is 8.61. The van der Waals surface area contributed by atoms with E-state index in [-0.39, 0.29) is 6.61 Å². The minimum absolute atomic E-state index is 0.0968. The number of H-pyrrole nitrogens is 1. The van der Waals surface area contributed by atoms with Crippen molar-refractivity contribution in [3.05, 3.63) is 50.5 Å². The summed E-state index contributed by atoms with van der Waals surface area (Å²) in [6.45, 7) is -0.0968. The van der Waals surface area contributed by atoms with Gasteiger partial charge in [-0.1, -0.05) is 18.2 Å². The summed E-state index contributed by atoms with van der Waals surface area (Å²) < 4.78 is 1.38. The first-order valence-electron chi connectivity index (χ1n) is 5.16. The maximum Gasteiger partial charge on any atom is 0.339 e. The molecule has 0 saturated heterocycles. The summed E-state index contributed by atoms with van der Waals surface area (Å²) in [5.41, 5.74) is -0.836. The van der Waals surface area contributed by atoms with Gasteiger partial charge in [-0.2, -0.15) is 4.98 Å². The SMILES string of the molecule is Cn1[nH]c(=O)c(=O)nc1Sc1ccccc1CO. The van der Waals surface area contributed by atoms with Crippen LogP contribution in [0.4, 0.5) is 0 Å². The lowest BCUT2D eigenvalue weighted by Crippen LogP contribution is -2.33. The number of aliphatic hydroxyl groups excluding tert-OH is 1. The molecule has 0 atom stereocenters. The third kappa shape index (κ3) is 2.52. The Balaban J connectivity index is 2.43. The monoisotopic (exact) mass is 265 g/mol. The number of nitrogens with one attached hydrogen (secondary N) is 1. The van der Waals surface area contributed by atoms with Crippen LogP contribution in [-0.4, -0.2) is 19.9 Å². The van der Waals surface area contributed by atoms with Crippen molar-refractivity contribution in [3.63, 3.8) is 0 Å². The molecule has 0 fully saturated rings. The van der Waals surface area contributed by atoms with E-state index in [2.05, 4.69) is 10.1 Å². The fourth-order valence-corrected chi connectivity index (χ4v) is 2.30. The van der Waals surface area contributed by atoms with E-state index in [0.717, 1.165) is 10.5 Å². The highest BCUT2D eigenvalue weighted by Crippen LogP contribution is 2.27. The molecular formula is C11H11N3O3S. The first kappa shape index (κ1) is 12.6. The van der Waals surface area contributed by atoms with Crippen LogP contribution >= 0.6 is 11.8 Å². The normalized spacial score (nSPS) is 10.6. The van der Waals surface area contributed by atoms with Crippen molar-refractivity contribution in [2.75, 3.05) is 0 Å². The molecular weight excluding hydrogens is 254 g/mol. The van der Waals surface area contributed by atoms with E-state index in [9.17, 15) is 14.7 Å². The molecule has 0 unspecified atom stereocenters. The van der Waals surface area contributed by atoms with Gasteiger partial charge in [0.05, 0.1) is 6.61 Å². The number of rotatable bonds is 3. The molecule has 2 rings (SSSR count). The summed E-state index contributed by atoms with van der Waals surface area (Å²) in [4.78, 5) is 26.7. The lowest BCUT2D eigenvalue weighted by molar-refractivity contribution is 0.279. The summed E-state index contributed by atoms with van der Waals surface area (Å²) in [6.07, 6.45) is 0. The van der Waals surface area contributed by atoms with Crippen LogP contribution < -0.4 is 11.1 Å². The average molecular weight is 265 g/mol. The van der Waals surface area contributed by atoms with Crippen LogP contribution in [0.25, 0.3) is 0 Å². The lowest BCUT2D eigenvalue weighted by Gasteiger charge is -2.08. The molecule has 18 heavy (non-hydrogen) atoms. The predicted octanol–water partition coefficient (Wildman–Crippen LogP) is 0.112. The lowest BCUT2D eigenvalue weighted by atomic mass is 10.2. The Morgan fingerprint density at radius 1 is 1.39 bits per heavy atom. The summed E-state index contributed by atoms with van der Waals surface area (Å²) >= 11 is 1.21. The number of aromatic nitrogens is 3. The van der Waals surface area contributed by atoms with Gasteiger partial charge in [-0.25, -0.2) is 0 Å². The van der Waals surface area contributed by atoms with Gasteiger partial charge < -0.3 is 5.11 Å². The highest BCUT2D eigenvalue weighted by Gasteiger charge is 2.08. The fraction of sp³-hybridized carbons (Fsp3) is 0.182. The molecule has 7 heteroatoms. The molecule has 0 amide bonds. The summed E-state index contributed by atoms with van der Waals surface area (Å²) in [6, 6.07) is 7.24. The van der Waals surface area contributed by atoms with E-state index < -0.39 is 11.1 Å². The molecule has 94 valence electrons. The molecule has 1 aromatic heterocycles. The van der Waals surface area contributed by atoms with Crippen molar-refractivity contribution in [1.29, 1.82) is 0 Å². The van der Waals surface area contributed by atoms with Gasteiger partial charge >= 0.3 is 11.1 Å². The predicted molar refractivity (Wildman–Crippen MR) is 66.6 cm³/mol. The van der Waals surface area contributed by atoms with Gasteiger partial charge in [-0.15, -0.1) is 0 Å². The third-order valence-corrected chi connectivity index (χ3v) is 3.46. The van der Waals surface area contributed by atoms with Crippen LogP contribution in [0.15, 0.2) is 43.9 Å². The van der Waals surface area contributed by atoms with Crippen molar-refractivity contribution >= 4 is 11.8 Å². The summed E-state index contributed by atoms with van der Waals surface area (Å²) in [5.74, 6) is 0.